The van der Waals surface area contributed by atoms with Crippen LogP contribution in [0.15, 0.2) is 35.3 Å². The minimum absolute atomic E-state index is 0.0176. The van der Waals surface area contributed by atoms with Crippen LogP contribution in [-0.2, 0) is 11.3 Å². The summed E-state index contributed by atoms with van der Waals surface area (Å²) in [4.78, 5) is 22.8. The highest BCUT2D eigenvalue weighted by molar-refractivity contribution is 5.75. The first kappa shape index (κ1) is 17.0. The van der Waals surface area contributed by atoms with Gasteiger partial charge in [0.05, 0.1) is 0 Å². The molecule has 1 rings (SSSR count). The Morgan fingerprint density at radius 3 is 2.86 bits per heavy atom. The molecule has 0 saturated heterocycles. The average molecular weight is 292 g/mol. The Morgan fingerprint density at radius 1 is 1.43 bits per heavy atom. The second-order valence-electron chi connectivity index (χ2n) is 5.41. The van der Waals surface area contributed by atoms with E-state index in [0.29, 0.717) is 29.2 Å². The first-order valence-corrected chi connectivity index (χ1v) is 7.33. The van der Waals surface area contributed by atoms with E-state index >= 15 is 0 Å². The van der Waals surface area contributed by atoms with Crippen molar-refractivity contribution in [2.24, 2.45) is 5.92 Å². The van der Waals surface area contributed by atoms with Gasteiger partial charge in [-0.15, -0.1) is 0 Å². The number of allylic oxidation sites excluding steroid dienone is 2. The molecule has 5 heteroatoms. The number of carbonyl (C=O) groups excluding carboxylic acids is 1. The van der Waals surface area contributed by atoms with Crippen LogP contribution in [0.5, 0.6) is 0 Å². The predicted molar refractivity (Wildman–Crippen MR) is 82.2 cm³/mol. The number of hydrogen-bond acceptors (Lipinski definition) is 3. The maximum Gasteiger partial charge on any atom is 0.283 e. The fourth-order valence-electron chi connectivity index (χ4n) is 1.83. The van der Waals surface area contributed by atoms with Gasteiger partial charge in [-0.3, -0.25) is 9.59 Å². The smallest absolute Gasteiger partial charge is 0.283 e. The first-order valence-electron chi connectivity index (χ1n) is 7.33. The van der Waals surface area contributed by atoms with Crippen LogP contribution in [0.2, 0.25) is 0 Å². The molecule has 0 radical (unpaired) electrons. The molecule has 1 aromatic heterocycles. The van der Waals surface area contributed by atoms with Gasteiger partial charge in [-0.25, -0.2) is 0 Å². The summed E-state index contributed by atoms with van der Waals surface area (Å²) in [6.45, 7) is 4.58. The topological polar surface area (TPSA) is 71.3 Å². The van der Waals surface area contributed by atoms with Gasteiger partial charge in [-0.2, -0.15) is 4.73 Å². The number of hydrogen-bond donors (Lipinski definition) is 2. The second-order valence-corrected chi connectivity index (χ2v) is 5.41. The lowest BCUT2D eigenvalue weighted by Gasteiger charge is -2.05. The highest BCUT2D eigenvalue weighted by Gasteiger charge is 2.02. The molecule has 0 spiro atoms. The maximum absolute atomic E-state index is 11.6. The zero-order valence-electron chi connectivity index (χ0n) is 12.7. The molecule has 0 aromatic carbocycles. The largest absolute Gasteiger partial charge is 0.425 e. The molecule has 0 unspecified atom stereocenters. The Bertz CT molecular complexity index is 533. The molecule has 5 nitrogen and oxygen atoms in total. The lowest BCUT2D eigenvalue weighted by molar-refractivity contribution is -0.121. The van der Waals surface area contributed by atoms with Crippen molar-refractivity contribution in [3.8, 4) is 0 Å². The van der Waals surface area contributed by atoms with Gasteiger partial charge >= 0.3 is 0 Å². The Labute approximate surface area is 125 Å². The zero-order chi connectivity index (χ0) is 15.7. The molecular formula is C16H24N2O3. The van der Waals surface area contributed by atoms with Crippen LogP contribution < -0.4 is 10.9 Å². The number of pyridine rings is 1. The minimum atomic E-state index is -0.501. The first-order chi connectivity index (χ1) is 9.99. The number of nitrogens with zero attached hydrogens (tertiary/aromatic N) is 1. The van der Waals surface area contributed by atoms with E-state index in [1.165, 1.54) is 12.3 Å². The molecule has 0 aliphatic carbocycles. The van der Waals surface area contributed by atoms with Crippen LogP contribution in [0.1, 0.15) is 45.1 Å². The number of carbonyl (C=O) groups is 1. The summed E-state index contributed by atoms with van der Waals surface area (Å²) in [7, 11) is 0. The fraction of sp³-hybridized carbons (Fsp3) is 0.500. The van der Waals surface area contributed by atoms with Gasteiger partial charge in [0.25, 0.3) is 5.56 Å². The van der Waals surface area contributed by atoms with Crippen molar-refractivity contribution < 1.29 is 10.0 Å². The van der Waals surface area contributed by atoms with E-state index in [1.54, 1.807) is 6.07 Å². The molecule has 21 heavy (non-hydrogen) atoms. The summed E-state index contributed by atoms with van der Waals surface area (Å²) in [6.07, 6.45) is 8.94. The zero-order valence-corrected chi connectivity index (χ0v) is 12.7. The van der Waals surface area contributed by atoms with Crippen molar-refractivity contribution in [1.29, 1.82) is 0 Å². The van der Waals surface area contributed by atoms with E-state index < -0.39 is 5.56 Å². The summed E-state index contributed by atoms with van der Waals surface area (Å²) < 4.78 is 0.510. The molecule has 1 heterocycles. The standard InChI is InChI=1S/C16H24N2O3/c1-13(2)7-5-3-4-6-8-15(19)17-12-14-9-10-18(21)16(20)11-14/h5,7,9-11,13,21H,3-4,6,8,12H2,1-2H3,(H,17,19)/b7-5+. The number of amides is 1. The lowest BCUT2D eigenvalue weighted by Crippen LogP contribution is -2.24. The minimum Gasteiger partial charge on any atom is -0.425 e. The van der Waals surface area contributed by atoms with Crippen molar-refractivity contribution >= 4 is 5.91 Å². The van der Waals surface area contributed by atoms with Gasteiger partial charge in [0.2, 0.25) is 5.91 Å². The van der Waals surface area contributed by atoms with Crippen LogP contribution in [0.25, 0.3) is 0 Å². The Kier molecular flexibility index (Phi) is 7.29. The van der Waals surface area contributed by atoms with Crippen molar-refractivity contribution in [2.45, 2.75) is 46.1 Å². The number of aromatic nitrogens is 1. The van der Waals surface area contributed by atoms with Crippen LogP contribution in [0, 0.1) is 5.92 Å². The summed E-state index contributed by atoms with van der Waals surface area (Å²) in [5.41, 5.74) is 0.178. The molecule has 0 atom stereocenters. The molecule has 116 valence electrons. The molecule has 1 aromatic rings. The summed E-state index contributed by atoms with van der Waals surface area (Å²) in [5.74, 6) is 0.554. The number of unbranched alkanes of at least 4 members (excludes halogenated alkanes) is 2. The molecule has 0 bridgehead atoms. The van der Waals surface area contributed by atoms with Crippen LogP contribution in [-0.4, -0.2) is 15.8 Å². The highest BCUT2D eigenvalue weighted by atomic mass is 16.5. The van der Waals surface area contributed by atoms with Gasteiger partial charge in [0.1, 0.15) is 0 Å². The molecule has 2 N–H and O–H groups in total. The van der Waals surface area contributed by atoms with Crippen molar-refractivity contribution in [2.75, 3.05) is 0 Å². The molecule has 0 fully saturated rings. The monoisotopic (exact) mass is 292 g/mol. The van der Waals surface area contributed by atoms with E-state index in [2.05, 4.69) is 31.3 Å². The van der Waals surface area contributed by atoms with E-state index in [4.69, 9.17) is 5.21 Å². The molecule has 1 amide bonds. The van der Waals surface area contributed by atoms with Gasteiger partial charge in [-0.1, -0.05) is 26.0 Å². The normalized spacial score (nSPS) is 11.2. The summed E-state index contributed by atoms with van der Waals surface area (Å²) >= 11 is 0. The number of rotatable bonds is 8. The third kappa shape index (κ3) is 7.34. The second kappa shape index (κ2) is 9.00. The molecule has 0 saturated carbocycles. The van der Waals surface area contributed by atoms with Crippen LogP contribution in [0.3, 0.4) is 0 Å². The van der Waals surface area contributed by atoms with Gasteiger partial charge in [-0.05, 0) is 36.8 Å². The lowest BCUT2D eigenvalue weighted by atomic mass is 10.1. The molecular weight excluding hydrogens is 268 g/mol. The molecule has 0 aliphatic heterocycles. The Hall–Kier alpha value is -2.04. The average Bonchev–Trinajstić information content (AvgIpc) is 2.43. The van der Waals surface area contributed by atoms with Crippen LogP contribution >= 0.6 is 0 Å². The van der Waals surface area contributed by atoms with Gasteiger partial charge < -0.3 is 10.5 Å². The van der Waals surface area contributed by atoms with E-state index in [0.717, 1.165) is 19.3 Å². The Morgan fingerprint density at radius 2 is 2.19 bits per heavy atom. The van der Waals surface area contributed by atoms with Gasteiger partial charge in [0, 0.05) is 25.2 Å². The quantitative estimate of drug-likeness (QED) is 0.439. The summed E-state index contributed by atoms with van der Waals surface area (Å²) in [5, 5.41) is 11.8. The van der Waals surface area contributed by atoms with E-state index in [9.17, 15) is 9.59 Å². The SMILES string of the molecule is CC(C)/C=C/CCCCC(=O)NCc1ccn(O)c(=O)c1. The Balaban J connectivity index is 2.19. The third-order valence-corrected chi connectivity index (χ3v) is 3.00. The highest BCUT2D eigenvalue weighted by Crippen LogP contribution is 2.03. The fourth-order valence-corrected chi connectivity index (χ4v) is 1.83. The van der Waals surface area contributed by atoms with E-state index in [1.807, 2.05) is 0 Å². The molecule has 0 aliphatic rings. The van der Waals surface area contributed by atoms with E-state index in [-0.39, 0.29) is 5.91 Å². The maximum atomic E-state index is 11.6. The van der Waals surface area contributed by atoms with Crippen molar-refractivity contribution in [3.05, 3.63) is 46.4 Å². The number of nitrogens with one attached hydrogen (secondary N) is 1. The van der Waals surface area contributed by atoms with Gasteiger partial charge in [0.15, 0.2) is 0 Å². The van der Waals surface area contributed by atoms with Crippen LogP contribution in [0.4, 0.5) is 0 Å². The third-order valence-electron chi connectivity index (χ3n) is 3.00. The van der Waals surface area contributed by atoms with Crippen molar-refractivity contribution in [3.63, 3.8) is 0 Å². The van der Waals surface area contributed by atoms with Crippen molar-refractivity contribution in [1.82, 2.24) is 10.0 Å². The summed E-state index contributed by atoms with van der Waals surface area (Å²) in [6, 6.07) is 2.90. The predicted octanol–water partition coefficient (Wildman–Crippen LogP) is 2.47.